The van der Waals surface area contributed by atoms with Gasteiger partial charge in [-0.05, 0) is 18.6 Å². The van der Waals surface area contributed by atoms with E-state index in [1.54, 1.807) is 6.07 Å². The minimum Gasteiger partial charge on any atom is -0.467 e. The van der Waals surface area contributed by atoms with Gasteiger partial charge < -0.3 is 9.64 Å². The number of nitrogens with zero attached hydrogens (tertiary/aromatic N) is 2. The van der Waals surface area contributed by atoms with E-state index in [0.29, 0.717) is 15.5 Å². The second-order valence-electron chi connectivity index (χ2n) is 4.88. The summed E-state index contributed by atoms with van der Waals surface area (Å²) in [6, 6.07) is -0.719. The van der Waals surface area contributed by atoms with Gasteiger partial charge >= 0.3 is 22.4 Å². The largest absolute Gasteiger partial charge is 0.467 e. The molecule has 22 heavy (non-hydrogen) atoms. The summed E-state index contributed by atoms with van der Waals surface area (Å²) in [5.74, 6) is -0.622. The predicted octanol–water partition coefficient (Wildman–Crippen LogP) is 0.797. The fraction of sp³-hybridized carbons (Fsp3) is 0.455. The molecule has 3 heterocycles. The number of amides is 2. The molecular formula is C11H12N2O7S2. The molecule has 11 heteroatoms. The Morgan fingerprint density at radius 1 is 1.50 bits per heavy atom. The van der Waals surface area contributed by atoms with Crippen LogP contribution in [0, 0.1) is 6.92 Å². The summed E-state index contributed by atoms with van der Waals surface area (Å²) in [6.07, 6.45) is 0. The van der Waals surface area contributed by atoms with Gasteiger partial charge in [0.15, 0.2) is 6.04 Å². The van der Waals surface area contributed by atoms with E-state index in [9.17, 15) is 18.0 Å². The predicted molar refractivity (Wildman–Crippen MR) is 73.1 cm³/mol. The number of hydroxylamine groups is 2. The molecule has 9 nitrogen and oxygen atoms in total. The standard InChI is InChI=1S/C11H12N2O7S2/c1-5-3-6-7-4-12(8(9(6)21-5)10(14)19-2)11(15)13(7)20-22(16,17)18/h3,7-8H,4H2,1-2H3,(H,16,17,18)/t7-,8+/m1/s1. The highest BCUT2D eigenvalue weighted by atomic mass is 32.3. The third-order valence-electron chi connectivity index (χ3n) is 3.52. The lowest BCUT2D eigenvalue weighted by molar-refractivity contribution is -0.146. The summed E-state index contributed by atoms with van der Waals surface area (Å²) in [7, 11) is -3.64. The van der Waals surface area contributed by atoms with Gasteiger partial charge in [-0.1, -0.05) is 0 Å². The summed E-state index contributed by atoms with van der Waals surface area (Å²) in [4.78, 5) is 27.0. The number of urea groups is 1. The Hall–Kier alpha value is -1.69. The molecular weight excluding hydrogens is 336 g/mol. The molecule has 1 aromatic heterocycles. The van der Waals surface area contributed by atoms with Crippen LogP contribution in [0.25, 0.3) is 0 Å². The first kappa shape index (κ1) is 15.2. The Bertz CT molecular complexity index is 756. The number of hydrogen-bond acceptors (Lipinski definition) is 7. The Morgan fingerprint density at radius 2 is 2.18 bits per heavy atom. The molecule has 120 valence electrons. The highest BCUT2D eigenvalue weighted by molar-refractivity contribution is 7.80. The third kappa shape index (κ3) is 2.26. The smallest absolute Gasteiger partial charge is 0.418 e. The number of methoxy groups -OCH3 is 1. The Balaban J connectivity index is 2.09. The van der Waals surface area contributed by atoms with Gasteiger partial charge in [0.2, 0.25) is 0 Å². The molecule has 3 rings (SSSR count). The second-order valence-corrected chi connectivity index (χ2v) is 7.17. The topological polar surface area (TPSA) is 113 Å². The first-order chi connectivity index (χ1) is 10.2. The van der Waals surface area contributed by atoms with Gasteiger partial charge in [-0.15, -0.1) is 15.6 Å². The number of carbonyl (C=O) groups is 2. The summed E-state index contributed by atoms with van der Waals surface area (Å²) in [5.41, 5.74) is 0.614. The lowest BCUT2D eigenvalue weighted by Crippen LogP contribution is -2.38. The zero-order valence-corrected chi connectivity index (χ0v) is 13.2. The van der Waals surface area contributed by atoms with Crippen molar-refractivity contribution in [2.75, 3.05) is 13.7 Å². The van der Waals surface area contributed by atoms with Crippen molar-refractivity contribution in [3.63, 3.8) is 0 Å². The molecule has 0 radical (unpaired) electrons. The summed E-state index contributed by atoms with van der Waals surface area (Å²) < 4.78 is 39.8. The van der Waals surface area contributed by atoms with Crippen molar-refractivity contribution >= 4 is 33.7 Å². The van der Waals surface area contributed by atoms with Crippen molar-refractivity contribution in [2.45, 2.75) is 19.0 Å². The average molecular weight is 348 g/mol. The van der Waals surface area contributed by atoms with Crippen LogP contribution in [0.4, 0.5) is 4.79 Å². The van der Waals surface area contributed by atoms with Gasteiger partial charge in [-0.25, -0.2) is 9.59 Å². The van der Waals surface area contributed by atoms with E-state index in [1.807, 2.05) is 6.92 Å². The normalized spacial score (nSPS) is 23.7. The zero-order valence-electron chi connectivity index (χ0n) is 11.5. The average Bonchev–Trinajstić information content (AvgIpc) is 2.92. The van der Waals surface area contributed by atoms with Crippen LogP contribution in [0.15, 0.2) is 6.07 Å². The minimum absolute atomic E-state index is 0.0668. The lowest BCUT2D eigenvalue weighted by Gasteiger charge is -2.28. The molecule has 0 aromatic carbocycles. The maximum Gasteiger partial charge on any atom is 0.418 e. The fourth-order valence-electron chi connectivity index (χ4n) is 2.74. The molecule has 0 spiro atoms. The molecule has 1 saturated heterocycles. The first-order valence-corrected chi connectivity index (χ1v) is 8.36. The number of esters is 1. The van der Waals surface area contributed by atoms with Crippen LogP contribution < -0.4 is 0 Å². The van der Waals surface area contributed by atoms with Crippen LogP contribution in [-0.4, -0.2) is 48.6 Å². The van der Waals surface area contributed by atoms with Crippen molar-refractivity contribution in [1.29, 1.82) is 0 Å². The molecule has 2 bridgehead atoms. The van der Waals surface area contributed by atoms with E-state index < -0.39 is 34.5 Å². The quantitative estimate of drug-likeness (QED) is 0.635. The van der Waals surface area contributed by atoms with Crippen LogP contribution in [-0.2, 0) is 24.2 Å². The van der Waals surface area contributed by atoms with Crippen LogP contribution in [0.1, 0.15) is 27.4 Å². The molecule has 1 N–H and O–H groups in total. The number of rotatable bonds is 3. The number of carbonyl (C=O) groups excluding carboxylic acids is 2. The number of ether oxygens (including phenoxy) is 1. The third-order valence-corrected chi connectivity index (χ3v) is 4.99. The Morgan fingerprint density at radius 3 is 2.77 bits per heavy atom. The Labute approximate surface area is 129 Å². The molecule has 2 aliphatic heterocycles. The van der Waals surface area contributed by atoms with Gasteiger partial charge in [-0.2, -0.15) is 13.5 Å². The monoisotopic (exact) mass is 348 g/mol. The first-order valence-electron chi connectivity index (χ1n) is 6.18. The van der Waals surface area contributed by atoms with Crippen molar-refractivity contribution in [1.82, 2.24) is 9.96 Å². The van der Waals surface area contributed by atoms with E-state index in [0.717, 1.165) is 4.88 Å². The summed E-state index contributed by atoms with van der Waals surface area (Å²) in [5, 5.41) is 0.573. The van der Waals surface area contributed by atoms with Crippen LogP contribution in [0.3, 0.4) is 0 Å². The van der Waals surface area contributed by atoms with Gasteiger partial charge in [0.1, 0.15) is 6.04 Å². The van der Waals surface area contributed by atoms with E-state index in [2.05, 4.69) is 4.28 Å². The minimum atomic E-state index is -4.85. The highest BCUT2D eigenvalue weighted by Gasteiger charge is 2.53. The molecule has 0 saturated carbocycles. The summed E-state index contributed by atoms with van der Waals surface area (Å²) >= 11 is 1.32. The van der Waals surface area contributed by atoms with E-state index in [1.165, 1.54) is 23.3 Å². The van der Waals surface area contributed by atoms with Gasteiger partial charge in [0, 0.05) is 9.75 Å². The Kier molecular flexibility index (Phi) is 3.40. The van der Waals surface area contributed by atoms with E-state index >= 15 is 0 Å². The molecule has 2 atom stereocenters. The number of thiophene rings is 1. The molecule has 2 aliphatic rings. The van der Waals surface area contributed by atoms with Crippen molar-refractivity contribution in [3.8, 4) is 0 Å². The molecule has 0 aliphatic carbocycles. The number of hydrogen-bond donors (Lipinski definition) is 1. The van der Waals surface area contributed by atoms with Crippen LogP contribution in [0.5, 0.6) is 0 Å². The highest BCUT2D eigenvalue weighted by Crippen LogP contribution is 2.47. The van der Waals surface area contributed by atoms with Crippen LogP contribution >= 0.6 is 11.3 Å². The zero-order chi connectivity index (χ0) is 16.2. The van der Waals surface area contributed by atoms with E-state index in [4.69, 9.17) is 9.29 Å². The maximum atomic E-state index is 12.3. The fourth-order valence-corrected chi connectivity index (χ4v) is 4.29. The van der Waals surface area contributed by atoms with Gasteiger partial charge in [0.05, 0.1) is 13.7 Å². The summed E-state index contributed by atoms with van der Waals surface area (Å²) in [6.45, 7) is 1.90. The molecule has 1 aromatic rings. The molecule has 1 fully saturated rings. The molecule has 2 amide bonds. The lowest BCUT2D eigenvalue weighted by atomic mass is 9.99. The van der Waals surface area contributed by atoms with E-state index in [-0.39, 0.29) is 6.54 Å². The number of aryl methyl sites for hydroxylation is 1. The van der Waals surface area contributed by atoms with Crippen molar-refractivity contribution in [3.05, 3.63) is 21.4 Å². The molecule has 0 unspecified atom stereocenters. The maximum absolute atomic E-state index is 12.3. The SMILES string of the molecule is COC(=O)[C@@H]1c2sc(C)cc2[C@H]2CN1C(=O)N2OS(=O)(=O)O. The van der Waals surface area contributed by atoms with Gasteiger partial charge in [-0.3, -0.25) is 4.55 Å². The number of fused-ring (bicyclic) bond motifs is 4. The van der Waals surface area contributed by atoms with Crippen molar-refractivity contribution in [2.24, 2.45) is 0 Å². The van der Waals surface area contributed by atoms with Crippen LogP contribution in [0.2, 0.25) is 0 Å². The van der Waals surface area contributed by atoms with Crippen molar-refractivity contribution < 1.29 is 31.6 Å². The second kappa shape index (κ2) is 4.91. The van der Waals surface area contributed by atoms with Gasteiger partial charge in [0.25, 0.3) is 0 Å².